The molecule has 1 saturated heterocycles. The van der Waals surface area contributed by atoms with Crippen molar-refractivity contribution in [2.45, 2.75) is 25.6 Å². The Morgan fingerprint density at radius 2 is 2.29 bits per heavy atom. The van der Waals surface area contributed by atoms with E-state index in [2.05, 4.69) is 4.98 Å². The summed E-state index contributed by atoms with van der Waals surface area (Å²) in [6, 6.07) is 7.64. The van der Waals surface area contributed by atoms with Gasteiger partial charge in [-0.1, -0.05) is 12.1 Å². The van der Waals surface area contributed by atoms with E-state index in [0.717, 1.165) is 10.9 Å². The average molecular weight is 288 g/mol. The third-order valence-electron chi connectivity index (χ3n) is 3.79. The van der Waals surface area contributed by atoms with Crippen molar-refractivity contribution in [3.63, 3.8) is 0 Å². The molecule has 2 N–H and O–H groups in total. The van der Waals surface area contributed by atoms with Crippen LogP contribution in [-0.4, -0.2) is 52.3 Å². The van der Waals surface area contributed by atoms with E-state index in [-0.39, 0.29) is 18.6 Å². The molecule has 0 aliphatic carbocycles. The Bertz CT molecular complexity index is 662. The van der Waals surface area contributed by atoms with Gasteiger partial charge in [-0.25, -0.2) is 0 Å². The van der Waals surface area contributed by atoms with Crippen LogP contribution >= 0.6 is 0 Å². The van der Waals surface area contributed by atoms with Gasteiger partial charge >= 0.3 is 0 Å². The summed E-state index contributed by atoms with van der Waals surface area (Å²) < 4.78 is 5.76. The van der Waals surface area contributed by atoms with Gasteiger partial charge in [0.25, 0.3) is 5.91 Å². The summed E-state index contributed by atoms with van der Waals surface area (Å²) in [7, 11) is 0. The van der Waals surface area contributed by atoms with Crippen molar-refractivity contribution in [2.24, 2.45) is 0 Å². The van der Waals surface area contributed by atoms with Gasteiger partial charge < -0.3 is 19.7 Å². The lowest BCUT2D eigenvalue weighted by Gasteiger charge is -2.42. The maximum atomic E-state index is 12.8. The van der Waals surface area contributed by atoms with Gasteiger partial charge in [0.05, 0.1) is 29.4 Å². The lowest BCUT2D eigenvalue weighted by Crippen LogP contribution is -2.55. The molecule has 0 spiro atoms. The molecule has 0 saturated carbocycles. The van der Waals surface area contributed by atoms with Crippen molar-refractivity contribution in [3.8, 4) is 0 Å². The van der Waals surface area contributed by atoms with E-state index >= 15 is 0 Å². The van der Waals surface area contributed by atoms with E-state index in [9.17, 15) is 9.90 Å². The van der Waals surface area contributed by atoms with Crippen LogP contribution in [-0.2, 0) is 4.74 Å². The summed E-state index contributed by atoms with van der Waals surface area (Å²) in [6.07, 6.45) is 1.50. The minimum Gasteiger partial charge on any atom is -0.394 e. The van der Waals surface area contributed by atoms with Gasteiger partial charge in [0.1, 0.15) is 0 Å². The highest BCUT2D eigenvalue weighted by molar-refractivity contribution is 6.05. The van der Waals surface area contributed by atoms with Crippen LogP contribution in [0, 0.1) is 0 Å². The highest BCUT2D eigenvalue weighted by Gasteiger charge is 2.36. The van der Waals surface area contributed by atoms with Crippen LogP contribution in [0.1, 0.15) is 24.2 Å². The third kappa shape index (κ3) is 2.66. The van der Waals surface area contributed by atoms with Crippen molar-refractivity contribution in [3.05, 3.63) is 36.0 Å². The number of aromatic amines is 1. The van der Waals surface area contributed by atoms with E-state index in [1.165, 1.54) is 0 Å². The van der Waals surface area contributed by atoms with Gasteiger partial charge in [0.15, 0.2) is 0 Å². The number of nitrogens with zero attached hydrogens (tertiary/aromatic N) is 1. The normalized spacial score (nSPS) is 21.7. The van der Waals surface area contributed by atoms with Crippen LogP contribution in [0.4, 0.5) is 0 Å². The Morgan fingerprint density at radius 3 is 3.05 bits per heavy atom. The zero-order valence-corrected chi connectivity index (χ0v) is 12.3. The number of morpholine rings is 1. The van der Waals surface area contributed by atoms with Gasteiger partial charge in [0, 0.05) is 24.7 Å². The second kappa shape index (κ2) is 5.16. The van der Waals surface area contributed by atoms with Crippen LogP contribution in [0.3, 0.4) is 0 Å². The number of aromatic nitrogens is 1. The summed E-state index contributed by atoms with van der Waals surface area (Å²) in [5.41, 5.74) is 1.06. The molecule has 1 aliphatic heterocycles. The molecule has 1 fully saturated rings. The number of nitrogens with one attached hydrogen (secondary N) is 1. The Balaban J connectivity index is 1.92. The Kier molecular flexibility index (Phi) is 3.47. The molecule has 1 aliphatic rings. The number of hydrogen-bond donors (Lipinski definition) is 2. The van der Waals surface area contributed by atoms with Crippen LogP contribution in [0.15, 0.2) is 30.5 Å². The molecule has 0 bridgehead atoms. The molecule has 5 nitrogen and oxygen atoms in total. The second-order valence-corrected chi connectivity index (χ2v) is 6.12. The Morgan fingerprint density at radius 1 is 1.48 bits per heavy atom. The average Bonchev–Trinajstić information content (AvgIpc) is 2.93. The first kappa shape index (κ1) is 14.1. The first-order valence-electron chi connectivity index (χ1n) is 7.14. The summed E-state index contributed by atoms with van der Waals surface area (Å²) in [5.74, 6) is -0.0297. The number of aliphatic hydroxyl groups excluding tert-OH is 1. The minimum absolute atomic E-state index is 0.0297. The van der Waals surface area contributed by atoms with Gasteiger partial charge in [-0.15, -0.1) is 0 Å². The van der Waals surface area contributed by atoms with Crippen molar-refractivity contribution in [2.75, 3.05) is 19.7 Å². The number of ether oxygens (including phenoxy) is 1. The molecule has 21 heavy (non-hydrogen) atoms. The number of aliphatic hydroxyl groups is 1. The van der Waals surface area contributed by atoms with E-state index in [1.54, 1.807) is 4.90 Å². The third-order valence-corrected chi connectivity index (χ3v) is 3.79. The highest BCUT2D eigenvalue weighted by Crippen LogP contribution is 2.24. The fourth-order valence-electron chi connectivity index (χ4n) is 2.98. The van der Waals surface area contributed by atoms with Crippen LogP contribution < -0.4 is 0 Å². The topological polar surface area (TPSA) is 65.6 Å². The number of fused-ring (bicyclic) bond motifs is 1. The monoisotopic (exact) mass is 288 g/mol. The molecule has 5 heteroatoms. The Labute approximate surface area is 123 Å². The van der Waals surface area contributed by atoms with Gasteiger partial charge in [-0.05, 0) is 26.0 Å². The largest absolute Gasteiger partial charge is 0.394 e. The first-order valence-corrected chi connectivity index (χ1v) is 7.14. The summed E-state index contributed by atoms with van der Waals surface area (Å²) >= 11 is 0. The van der Waals surface area contributed by atoms with Gasteiger partial charge in [-0.2, -0.15) is 0 Å². The van der Waals surface area contributed by atoms with Gasteiger partial charge in [-0.3, -0.25) is 4.79 Å². The van der Waals surface area contributed by atoms with Crippen LogP contribution in [0.2, 0.25) is 0 Å². The lowest BCUT2D eigenvalue weighted by atomic mass is 10.0. The molecule has 1 amide bonds. The van der Waals surface area contributed by atoms with Crippen LogP contribution in [0.5, 0.6) is 0 Å². The zero-order valence-electron chi connectivity index (χ0n) is 12.3. The molecular formula is C16H20N2O3. The smallest absolute Gasteiger partial charge is 0.256 e. The molecule has 2 aromatic rings. The predicted octanol–water partition coefficient (Wildman–Crippen LogP) is 1.78. The van der Waals surface area contributed by atoms with E-state index in [1.807, 2.05) is 44.3 Å². The van der Waals surface area contributed by atoms with Crippen molar-refractivity contribution in [1.82, 2.24) is 9.88 Å². The fourth-order valence-corrected chi connectivity index (χ4v) is 2.98. The molecule has 1 unspecified atom stereocenters. The molecule has 1 atom stereocenters. The number of benzene rings is 1. The molecule has 0 radical (unpaired) electrons. The second-order valence-electron chi connectivity index (χ2n) is 6.12. The van der Waals surface area contributed by atoms with Crippen molar-refractivity contribution < 1.29 is 14.6 Å². The van der Waals surface area contributed by atoms with Crippen molar-refractivity contribution in [1.29, 1.82) is 0 Å². The number of carbonyl (C=O) groups excluding carboxylic acids is 1. The number of hydrogen-bond acceptors (Lipinski definition) is 3. The SMILES string of the molecule is CC1(C)CN(C(=O)c2cccc3cc[nH]c23)CC(CO)O1. The minimum atomic E-state index is -0.453. The quantitative estimate of drug-likeness (QED) is 0.885. The predicted molar refractivity (Wildman–Crippen MR) is 80.2 cm³/mol. The van der Waals surface area contributed by atoms with Gasteiger partial charge in [0.2, 0.25) is 0 Å². The van der Waals surface area contributed by atoms with Crippen LogP contribution in [0.25, 0.3) is 10.9 Å². The fraction of sp³-hybridized carbons (Fsp3) is 0.438. The number of rotatable bonds is 2. The molecule has 112 valence electrons. The number of amides is 1. The number of H-pyrrole nitrogens is 1. The van der Waals surface area contributed by atoms with E-state index in [0.29, 0.717) is 18.7 Å². The number of carbonyl (C=O) groups is 1. The standard InChI is InChI=1S/C16H20N2O3/c1-16(2)10-18(8-12(9-19)21-16)15(20)13-5-3-4-11-6-7-17-14(11)13/h3-7,12,17,19H,8-10H2,1-2H3. The molecular weight excluding hydrogens is 268 g/mol. The molecule has 1 aromatic heterocycles. The summed E-state index contributed by atoms with van der Waals surface area (Å²) in [5, 5.41) is 10.4. The zero-order chi connectivity index (χ0) is 15.0. The van der Waals surface area contributed by atoms with E-state index < -0.39 is 5.60 Å². The molecule has 1 aromatic carbocycles. The molecule has 3 rings (SSSR count). The van der Waals surface area contributed by atoms with Crippen molar-refractivity contribution >= 4 is 16.8 Å². The number of para-hydroxylation sites is 1. The maximum absolute atomic E-state index is 12.8. The lowest BCUT2D eigenvalue weighted by molar-refractivity contribution is -0.139. The van der Waals surface area contributed by atoms with E-state index in [4.69, 9.17) is 4.74 Å². The summed E-state index contributed by atoms with van der Waals surface area (Å²) in [4.78, 5) is 17.7. The highest BCUT2D eigenvalue weighted by atomic mass is 16.5. The Hall–Kier alpha value is -1.85. The maximum Gasteiger partial charge on any atom is 0.256 e. The molecule has 2 heterocycles. The summed E-state index contributed by atoms with van der Waals surface area (Å²) in [6.45, 7) is 4.71. The first-order chi connectivity index (χ1) is 10.00.